The summed E-state index contributed by atoms with van der Waals surface area (Å²) in [7, 11) is 2.16. The number of fused-ring (bicyclic) bond motifs is 1. The normalized spacial score (nSPS) is 16.5. The Bertz CT molecular complexity index is 998. The SMILES string of the molecule is CCn1c(SCC(=O)NC(CN2CCN(C)CC2)c2ccccc2)nc2ccccc21. The van der Waals surface area contributed by atoms with Gasteiger partial charge in [-0.2, -0.15) is 0 Å². The minimum absolute atomic E-state index is 0.0114. The van der Waals surface area contributed by atoms with E-state index in [4.69, 9.17) is 4.98 Å². The van der Waals surface area contributed by atoms with Gasteiger partial charge in [0.15, 0.2) is 5.16 Å². The van der Waals surface area contributed by atoms with E-state index in [1.54, 1.807) is 0 Å². The van der Waals surface area contributed by atoms with Crippen molar-refractivity contribution in [2.45, 2.75) is 24.7 Å². The maximum absolute atomic E-state index is 12.9. The lowest BCUT2D eigenvalue weighted by atomic mass is 10.1. The number of thioether (sulfide) groups is 1. The van der Waals surface area contributed by atoms with E-state index in [0.29, 0.717) is 5.75 Å². The Morgan fingerprint density at radius 2 is 1.77 bits per heavy atom. The van der Waals surface area contributed by atoms with Gasteiger partial charge in [-0.3, -0.25) is 9.69 Å². The van der Waals surface area contributed by atoms with Gasteiger partial charge in [0.05, 0.1) is 22.8 Å². The molecule has 1 amide bonds. The van der Waals surface area contributed by atoms with E-state index in [-0.39, 0.29) is 11.9 Å². The number of hydrogen-bond acceptors (Lipinski definition) is 5. The van der Waals surface area contributed by atoms with Crippen LogP contribution in [0.1, 0.15) is 18.5 Å². The number of carbonyl (C=O) groups is 1. The summed E-state index contributed by atoms with van der Waals surface area (Å²) < 4.78 is 2.17. The Morgan fingerprint density at radius 1 is 1.06 bits per heavy atom. The Balaban J connectivity index is 1.41. The number of aryl methyl sites for hydroxylation is 1. The summed E-state index contributed by atoms with van der Waals surface area (Å²) in [6.07, 6.45) is 0. The summed E-state index contributed by atoms with van der Waals surface area (Å²) in [6.45, 7) is 7.98. The predicted molar refractivity (Wildman–Crippen MR) is 127 cm³/mol. The van der Waals surface area contributed by atoms with Gasteiger partial charge in [-0.1, -0.05) is 54.2 Å². The summed E-state index contributed by atoms with van der Waals surface area (Å²) in [5.74, 6) is 0.401. The van der Waals surface area contributed by atoms with Gasteiger partial charge in [-0.15, -0.1) is 0 Å². The molecule has 0 aliphatic carbocycles. The van der Waals surface area contributed by atoms with Crippen molar-refractivity contribution in [1.82, 2.24) is 24.7 Å². The quantitative estimate of drug-likeness (QED) is 0.548. The summed E-state index contributed by atoms with van der Waals surface area (Å²) in [5, 5.41) is 4.18. The van der Waals surface area contributed by atoms with Crippen molar-refractivity contribution in [3.05, 3.63) is 60.2 Å². The number of carbonyl (C=O) groups excluding carboxylic acids is 1. The second kappa shape index (κ2) is 10.3. The molecule has 1 N–H and O–H groups in total. The summed E-state index contributed by atoms with van der Waals surface area (Å²) >= 11 is 1.51. The Labute approximate surface area is 188 Å². The third-order valence-corrected chi connectivity index (χ3v) is 6.82. The number of nitrogens with one attached hydrogen (secondary N) is 1. The molecule has 6 nitrogen and oxygen atoms in total. The monoisotopic (exact) mass is 437 g/mol. The number of aromatic nitrogens is 2. The van der Waals surface area contributed by atoms with Gasteiger partial charge in [0.1, 0.15) is 0 Å². The summed E-state index contributed by atoms with van der Waals surface area (Å²) in [4.78, 5) is 22.4. The van der Waals surface area contributed by atoms with Crippen LogP contribution in [0.5, 0.6) is 0 Å². The van der Waals surface area contributed by atoms with Crippen LogP contribution in [-0.4, -0.2) is 70.8 Å². The molecule has 1 aliphatic rings. The molecule has 164 valence electrons. The lowest BCUT2D eigenvalue weighted by Gasteiger charge is -2.35. The fraction of sp³-hybridized carbons (Fsp3) is 0.417. The number of para-hydroxylation sites is 2. The maximum Gasteiger partial charge on any atom is 0.231 e. The maximum atomic E-state index is 12.9. The van der Waals surface area contributed by atoms with Crippen LogP contribution in [0.3, 0.4) is 0 Å². The first kappa shape index (κ1) is 21.9. The lowest BCUT2D eigenvalue weighted by molar-refractivity contribution is -0.119. The van der Waals surface area contributed by atoms with Crippen molar-refractivity contribution in [1.29, 1.82) is 0 Å². The second-order valence-corrected chi connectivity index (χ2v) is 8.99. The van der Waals surface area contributed by atoms with Gasteiger partial charge in [0.2, 0.25) is 5.91 Å². The lowest BCUT2D eigenvalue weighted by Crippen LogP contribution is -2.48. The molecule has 2 heterocycles. The van der Waals surface area contributed by atoms with Gasteiger partial charge < -0.3 is 14.8 Å². The van der Waals surface area contributed by atoms with Gasteiger partial charge >= 0.3 is 0 Å². The number of nitrogens with zero attached hydrogens (tertiary/aromatic N) is 4. The van der Waals surface area contributed by atoms with E-state index in [0.717, 1.165) is 61.0 Å². The molecule has 0 saturated carbocycles. The Kier molecular flexibility index (Phi) is 7.27. The summed E-state index contributed by atoms with van der Waals surface area (Å²) in [5.41, 5.74) is 3.25. The number of rotatable bonds is 8. The first-order valence-electron chi connectivity index (χ1n) is 11.0. The number of imidazole rings is 1. The predicted octanol–water partition coefficient (Wildman–Crippen LogP) is 3.25. The van der Waals surface area contributed by atoms with Crippen LogP contribution in [0.25, 0.3) is 11.0 Å². The van der Waals surface area contributed by atoms with Crippen molar-refractivity contribution in [3.63, 3.8) is 0 Å². The average molecular weight is 438 g/mol. The first-order chi connectivity index (χ1) is 15.1. The molecule has 1 aliphatic heterocycles. The minimum Gasteiger partial charge on any atom is -0.347 e. The number of amides is 1. The molecule has 1 saturated heterocycles. The van der Waals surface area contributed by atoms with Gasteiger partial charge in [-0.05, 0) is 31.7 Å². The molecule has 0 bridgehead atoms. The fourth-order valence-corrected chi connectivity index (χ4v) is 4.93. The number of hydrogen-bond donors (Lipinski definition) is 1. The molecule has 1 aromatic heterocycles. The van der Waals surface area contributed by atoms with Crippen LogP contribution in [0, 0.1) is 0 Å². The zero-order valence-electron chi connectivity index (χ0n) is 18.3. The van der Waals surface area contributed by atoms with Crippen molar-refractivity contribution < 1.29 is 4.79 Å². The molecule has 31 heavy (non-hydrogen) atoms. The van der Waals surface area contributed by atoms with Crippen molar-refractivity contribution in [2.24, 2.45) is 0 Å². The molecule has 1 unspecified atom stereocenters. The van der Waals surface area contributed by atoms with E-state index in [2.05, 4.69) is 51.9 Å². The number of piperazine rings is 1. The Hall–Kier alpha value is -2.35. The van der Waals surface area contributed by atoms with E-state index >= 15 is 0 Å². The zero-order chi connectivity index (χ0) is 21.6. The van der Waals surface area contributed by atoms with Gasteiger partial charge in [-0.25, -0.2) is 4.98 Å². The topological polar surface area (TPSA) is 53.4 Å². The minimum atomic E-state index is -0.0114. The molecule has 2 aromatic carbocycles. The third-order valence-electron chi connectivity index (χ3n) is 5.84. The van der Waals surface area contributed by atoms with Crippen LogP contribution >= 0.6 is 11.8 Å². The van der Waals surface area contributed by atoms with Crippen molar-refractivity contribution in [3.8, 4) is 0 Å². The fourth-order valence-electron chi connectivity index (χ4n) is 4.04. The van der Waals surface area contributed by atoms with Crippen LogP contribution in [0.2, 0.25) is 0 Å². The molecule has 0 radical (unpaired) electrons. The van der Waals surface area contributed by atoms with Crippen LogP contribution in [-0.2, 0) is 11.3 Å². The number of benzene rings is 2. The molecule has 1 atom stereocenters. The standard InChI is InChI=1S/C24H31N5OS/c1-3-29-22-12-8-7-11-20(22)26-24(29)31-18-23(30)25-21(19-9-5-4-6-10-19)17-28-15-13-27(2)14-16-28/h4-12,21H,3,13-18H2,1-2H3,(H,25,30). The highest BCUT2D eigenvalue weighted by molar-refractivity contribution is 7.99. The Morgan fingerprint density at radius 3 is 2.52 bits per heavy atom. The first-order valence-corrected chi connectivity index (χ1v) is 12.0. The molecular weight excluding hydrogens is 406 g/mol. The van der Waals surface area contributed by atoms with Crippen LogP contribution < -0.4 is 5.32 Å². The molecular formula is C24H31N5OS. The molecule has 7 heteroatoms. The molecule has 1 fully saturated rings. The van der Waals surface area contributed by atoms with Gasteiger partial charge in [0.25, 0.3) is 0 Å². The smallest absolute Gasteiger partial charge is 0.231 e. The summed E-state index contributed by atoms with van der Waals surface area (Å²) in [6, 6.07) is 18.4. The zero-order valence-corrected chi connectivity index (χ0v) is 19.1. The van der Waals surface area contributed by atoms with Crippen molar-refractivity contribution in [2.75, 3.05) is 45.5 Å². The van der Waals surface area contributed by atoms with Gasteiger partial charge in [0, 0.05) is 39.3 Å². The van der Waals surface area contributed by atoms with E-state index in [9.17, 15) is 4.79 Å². The highest BCUT2D eigenvalue weighted by Crippen LogP contribution is 2.24. The molecule has 4 rings (SSSR count). The highest BCUT2D eigenvalue weighted by atomic mass is 32.2. The molecule has 3 aromatic rings. The average Bonchev–Trinajstić information content (AvgIpc) is 3.17. The molecule has 0 spiro atoms. The van der Waals surface area contributed by atoms with E-state index in [1.807, 2.05) is 36.4 Å². The number of likely N-dealkylation sites (N-methyl/N-ethyl adjacent to an activating group) is 1. The van der Waals surface area contributed by atoms with Crippen LogP contribution in [0.15, 0.2) is 59.8 Å². The van der Waals surface area contributed by atoms with E-state index < -0.39 is 0 Å². The van der Waals surface area contributed by atoms with E-state index in [1.165, 1.54) is 11.8 Å². The largest absolute Gasteiger partial charge is 0.347 e. The van der Waals surface area contributed by atoms with Crippen LogP contribution in [0.4, 0.5) is 0 Å². The third kappa shape index (κ3) is 5.47. The second-order valence-electron chi connectivity index (χ2n) is 8.05. The van der Waals surface area contributed by atoms with Crippen molar-refractivity contribution >= 4 is 28.7 Å². The highest BCUT2D eigenvalue weighted by Gasteiger charge is 2.21.